The fourth-order valence-electron chi connectivity index (χ4n) is 2.24. The van der Waals surface area contributed by atoms with Crippen LogP contribution in [-0.2, 0) is 9.47 Å². The molecule has 1 aliphatic rings. The van der Waals surface area contributed by atoms with Crippen LogP contribution in [0.4, 0.5) is 0 Å². The van der Waals surface area contributed by atoms with Crippen molar-refractivity contribution in [2.45, 2.75) is 55.9 Å². The number of rotatable bonds is 8. The van der Waals surface area contributed by atoms with Crippen LogP contribution in [0.25, 0.3) is 0 Å². The first kappa shape index (κ1) is 20.6. The van der Waals surface area contributed by atoms with Crippen LogP contribution in [-0.4, -0.2) is 110 Å². The number of aliphatic hydroxyl groups is 8. The summed E-state index contributed by atoms with van der Waals surface area (Å²) in [5.41, 5.74) is 0. The van der Waals surface area contributed by atoms with Gasteiger partial charge in [-0.15, -0.1) is 0 Å². The summed E-state index contributed by atoms with van der Waals surface area (Å²) in [6.07, 6.45) is -11.3. The fraction of sp³-hybridized carbons (Fsp3) is 1.00. The van der Waals surface area contributed by atoms with Crippen molar-refractivity contribution in [1.29, 1.82) is 0 Å². The van der Waals surface area contributed by atoms with Gasteiger partial charge in [-0.1, -0.05) is 6.92 Å². The van der Waals surface area contributed by atoms with Gasteiger partial charge >= 0.3 is 0 Å². The Morgan fingerprint density at radius 2 is 1.57 bits per heavy atom. The van der Waals surface area contributed by atoms with Crippen molar-refractivity contribution in [2.75, 3.05) is 19.8 Å². The molecule has 0 aromatic heterocycles. The van der Waals surface area contributed by atoms with Crippen molar-refractivity contribution in [2.24, 2.45) is 5.92 Å². The number of aliphatic hydroxyl groups excluding tert-OH is 8. The highest BCUT2D eigenvalue weighted by Gasteiger charge is 2.44. The zero-order valence-electron chi connectivity index (χ0n) is 12.7. The van der Waals surface area contributed by atoms with Gasteiger partial charge < -0.3 is 50.3 Å². The molecule has 1 rings (SSSR count). The molecule has 0 spiro atoms. The molecule has 10 heteroatoms. The summed E-state index contributed by atoms with van der Waals surface area (Å²) in [5, 5.41) is 75.7. The van der Waals surface area contributed by atoms with Gasteiger partial charge in [-0.3, -0.25) is 0 Å². The van der Waals surface area contributed by atoms with E-state index in [1.54, 1.807) is 0 Å². The Labute approximate surface area is 133 Å². The molecule has 1 fully saturated rings. The molecule has 138 valence electrons. The van der Waals surface area contributed by atoms with E-state index in [0.29, 0.717) is 0 Å². The van der Waals surface area contributed by atoms with Gasteiger partial charge in [-0.05, 0) is 0 Å². The Morgan fingerprint density at radius 1 is 0.957 bits per heavy atom. The molecule has 0 radical (unpaired) electrons. The van der Waals surface area contributed by atoms with Gasteiger partial charge in [0.25, 0.3) is 0 Å². The van der Waals surface area contributed by atoms with Crippen LogP contribution in [0.15, 0.2) is 0 Å². The lowest BCUT2D eigenvalue weighted by atomic mass is 9.94. The molecule has 1 saturated heterocycles. The van der Waals surface area contributed by atoms with Gasteiger partial charge in [0.15, 0.2) is 6.29 Å². The highest BCUT2D eigenvalue weighted by molar-refractivity contribution is 4.89. The largest absolute Gasteiger partial charge is 0.394 e. The second kappa shape index (κ2) is 9.18. The number of ether oxygens (including phenoxy) is 2. The van der Waals surface area contributed by atoms with Crippen LogP contribution >= 0.6 is 0 Å². The molecule has 0 saturated carbocycles. The van der Waals surface area contributed by atoms with Crippen molar-refractivity contribution in [3.05, 3.63) is 0 Å². The predicted octanol–water partition coefficient (Wildman–Crippen LogP) is -4.49. The summed E-state index contributed by atoms with van der Waals surface area (Å²) in [6, 6.07) is 0. The van der Waals surface area contributed by atoms with Crippen molar-refractivity contribution < 1.29 is 50.3 Å². The monoisotopic (exact) mass is 342 g/mol. The summed E-state index contributed by atoms with van der Waals surface area (Å²) in [7, 11) is 0. The zero-order valence-corrected chi connectivity index (χ0v) is 12.7. The van der Waals surface area contributed by atoms with Crippen LogP contribution in [0, 0.1) is 5.92 Å². The smallest absolute Gasteiger partial charge is 0.186 e. The lowest BCUT2D eigenvalue weighted by Crippen LogP contribution is -2.59. The van der Waals surface area contributed by atoms with Crippen LogP contribution in [0.2, 0.25) is 0 Å². The minimum absolute atomic E-state index is 0.418. The molecular weight excluding hydrogens is 316 g/mol. The molecule has 0 aromatic carbocycles. The Morgan fingerprint density at radius 3 is 2.09 bits per heavy atom. The molecule has 0 aliphatic carbocycles. The molecule has 1 aliphatic heterocycles. The molecule has 8 N–H and O–H groups in total. The van der Waals surface area contributed by atoms with E-state index < -0.39 is 74.8 Å². The van der Waals surface area contributed by atoms with Gasteiger partial charge in [-0.25, -0.2) is 0 Å². The molecule has 0 aromatic rings. The van der Waals surface area contributed by atoms with E-state index in [1.807, 2.05) is 0 Å². The SMILES string of the molecule is C[C@@H]([C@H](O)[C@H](O)CO)[C@H](O)CO[C@H]1O[C@H](CO)[C@@H](O)[C@H](O)[C@H]1O. The highest BCUT2D eigenvalue weighted by Crippen LogP contribution is 2.23. The molecule has 0 bridgehead atoms. The predicted molar refractivity (Wildman–Crippen MR) is 74.0 cm³/mol. The number of hydrogen-bond acceptors (Lipinski definition) is 10. The topological polar surface area (TPSA) is 180 Å². The third kappa shape index (κ3) is 5.03. The van der Waals surface area contributed by atoms with Gasteiger partial charge in [0, 0.05) is 5.92 Å². The van der Waals surface area contributed by atoms with E-state index in [-0.39, 0.29) is 0 Å². The molecule has 9 atom stereocenters. The molecule has 0 unspecified atom stereocenters. The average Bonchev–Trinajstić information content (AvgIpc) is 2.56. The Balaban J connectivity index is 2.55. The van der Waals surface area contributed by atoms with Crippen molar-refractivity contribution in [3.63, 3.8) is 0 Å². The maximum absolute atomic E-state index is 9.91. The van der Waals surface area contributed by atoms with Crippen molar-refractivity contribution in [3.8, 4) is 0 Å². The molecular formula is C13H26O10. The summed E-state index contributed by atoms with van der Waals surface area (Å²) in [6.45, 7) is -0.277. The normalized spacial score (nSPS) is 37.2. The Hall–Kier alpha value is -0.400. The molecule has 1 heterocycles. The standard InChI is InChI=1S/C13H26O10/c1-5(9(18)6(16)2-14)7(17)4-22-13-12(21)11(20)10(19)8(3-15)23-13/h5-21H,2-4H2,1H3/t5-,6-,7-,8-,9+,10-,11+,12-,13+/m1/s1. The Kier molecular flexibility index (Phi) is 8.24. The zero-order chi connectivity index (χ0) is 17.7. The third-order valence-electron chi connectivity index (χ3n) is 4.01. The van der Waals surface area contributed by atoms with Gasteiger partial charge in [0.1, 0.15) is 30.5 Å². The lowest BCUT2D eigenvalue weighted by molar-refractivity contribution is -0.305. The van der Waals surface area contributed by atoms with E-state index >= 15 is 0 Å². The first-order valence-electron chi connectivity index (χ1n) is 7.31. The second-order valence-electron chi connectivity index (χ2n) is 5.70. The van der Waals surface area contributed by atoms with E-state index in [9.17, 15) is 30.6 Å². The third-order valence-corrected chi connectivity index (χ3v) is 4.01. The molecule has 10 nitrogen and oxygen atoms in total. The van der Waals surface area contributed by atoms with Crippen LogP contribution in [0.1, 0.15) is 6.92 Å². The highest BCUT2D eigenvalue weighted by atomic mass is 16.7. The molecule has 0 amide bonds. The average molecular weight is 342 g/mol. The van der Waals surface area contributed by atoms with Crippen molar-refractivity contribution >= 4 is 0 Å². The minimum Gasteiger partial charge on any atom is -0.394 e. The summed E-state index contributed by atoms with van der Waals surface area (Å²) in [5.74, 6) is -0.859. The minimum atomic E-state index is -1.60. The van der Waals surface area contributed by atoms with Crippen LogP contribution < -0.4 is 0 Å². The molecule has 23 heavy (non-hydrogen) atoms. The van der Waals surface area contributed by atoms with Crippen molar-refractivity contribution in [1.82, 2.24) is 0 Å². The van der Waals surface area contributed by atoms with Gasteiger partial charge in [0.2, 0.25) is 0 Å². The first-order valence-corrected chi connectivity index (χ1v) is 7.31. The van der Waals surface area contributed by atoms with E-state index in [1.165, 1.54) is 6.92 Å². The maximum atomic E-state index is 9.91. The van der Waals surface area contributed by atoms with Gasteiger partial charge in [-0.2, -0.15) is 0 Å². The second-order valence-corrected chi connectivity index (χ2v) is 5.70. The van der Waals surface area contributed by atoms with Crippen LogP contribution in [0.5, 0.6) is 0 Å². The van der Waals surface area contributed by atoms with Gasteiger partial charge in [0.05, 0.1) is 32.0 Å². The summed E-state index contributed by atoms with van der Waals surface area (Å²) >= 11 is 0. The van der Waals surface area contributed by atoms with E-state index in [4.69, 9.17) is 19.7 Å². The Bertz CT molecular complexity index is 341. The van der Waals surface area contributed by atoms with E-state index in [0.717, 1.165) is 0 Å². The number of hydrogen-bond donors (Lipinski definition) is 8. The first-order chi connectivity index (χ1) is 10.7. The maximum Gasteiger partial charge on any atom is 0.186 e. The van der Waals surface area contributed by atoms with E-state index in [2.05, 4.69) is 0 Å². The fourth-order valence-corrected chi connectivity index (χ4v) is 2.24. The lowest BCUT2D eigenvalue weighted by Gasteiger charge is -2.40. The summed E-state index contributed by atoms with van der Waals surface area (Å²) in [4.78, 5) is 0. The quantitative estimate of drug-likeness (QED) is 0.214. The summed E-state index contributed by atoms with van der Waals surface area (Å²) < 4.78 is 10.2. The van der Waals surface area contributed by atoms with Crippen LogP contribution in [0.3, 0.4) is 0 Å².